The lowest BCUT2D eigenvalue weighted by atomic mass is 10.1. The van der Waals surface area contributed by atoms with Gasteiger partial charge in [-0.1, -0.05) is 54.1 Å². The Balaban J connectivity index is 1.56. The highest BCUT2D eigenvalue weighted by Crippen LogP contribution is 2.26. The minimum atomic E-state index is -0.196. The number of ether oxygens (including phenoxy) is 2. The molecule has 1 amide bonds. The predicted octanol–water partition coefficient (Wildman–Crippen LogP) is 6.33. The van der Waals surface area contributed by atoms with Crippen LogP contribution in [-0.4, -0.2) is 13.0 Å². The Morgan fingerprint density at radius 2 is 1.73 bits per heavy atom. The third-order valence-corrected chi connectivity index (χ3v) is 5.01. The second-order valence-corrected chi connectivity index (χ2v) is 7.19. The molecule has 0 heterocycles. The Bertz CT molecular complexity index is 1200. The van der Waals surface area contributed by atoms with E-state index in [1.54, 1.807) is 37.4 Å². The third-order valence-electron chi connectivity index (χ3n) is 4.77. The molecule has 1 N–H and O–H groups in total. The lowest BCUT2D eigenvalue weighted by molar-refractivity contribution is 0.102. The van der Waals surface area contributed by atoms with Crippen LogP contribution in [0.15, 0.2) is 84.9 Å². The van der Waals surface area contributed by atoms with Crippen LogP contribution in [0.3, 0.4) is 0 Å². The maximum absolute atomic E-state index is 12.9. The van der Waals surface area contributed by atoms with Gasteiger partial charge in [-0.25, -0.2) is 0 Å². The van der Waals surface area contributed by atoms with Gasteiger partial charge >= 0.3 is 0 Å². The monoisotopic (exact) mass is 417 g/mol. The van der Waals surface area contributed by atoms with Gasteiger partial charge in [-0.3, -0.25) is 4.79 Å². The number of fused-ring (bicyclic) bond motifs is 1. The van der Waals surface area contributed by atoms with Crippen molar-refractivity contribution in [1.82, 2.24) is 0 Å². The van der Waals surface area contributed by atoms with Gasteiger partial charge in [0.25, 0.3) is 5.91 Å². The van der Waals surface area contributed by atoms with E-state index in [0.717, 1.165) is 22.0 Å². The first-order valence-electron chi connectivity index (χ1n) is 9.48. The molecular weight excluding hydrogens is 398 g/mol. The zero-order chi connectivity index (χ0) is 20.9. The number of nitrogens with one attached hydrogen (secondary N) is 1. The number of carbonyl (C=O) groups is 1. The molecule has 4 nitrogen and oxygen atoms in total. The van der Waals surface area contributed by atoms with Crippen LogP contribution in [0.25, 0.3) is 10.8 Å². The van der Waals surface area contributed by atoms with Gasteiger partial charge < -0.3 is 14.8 Å². The number of carbonyl (C=O) groups excluding carboxylic acids is 1. The molecule has 0 atom stereocenters. The van der Waals surface area contributed by atoms with Crippen molar-refractivity contribution >= 4 is 34.0 Å². The van der Waals surface area contributed by atoms with Crippen LogP contribution in [0, 0.1) is 0 Å². The molecule has 30 heavy (non-hydrogen) atoms. The Labute approximate surface area is 180 Å². The lowest BCUT2D eigenvalue weighted by Gasteiger charge is -2.13. The van der Waals surface area contributed by atoms with Crippen LogP contribution in [0.4, 0.5) is 5.69 Å². The zero-order valence-corrected chi connectivity index (χ0v) is 17.1. The van der Waals surface area contributed by atoms with Crippen molar-refractivity contribution in [2.45, 2.75) is 6.61 Å². The standard InChI is InChI=1S/C25H20ClNO3/c1-29-24-13-12-18(14-19(24)16-30-21-9-5-8-20(26)15-21)25(28)27-23-11-4-7-17-6-2-3-10-22(17)23/h2-15H,16H2,1H3,(H,27,28). The number of rotatable bonds is 6. The molecule has 0 fully saturated rings. The number of anilines is 1. The van der Waals surface area contributed by atoms with Gasteiger partial charge in [0.15, 0.2) is 0 Å². The summed E-state index contributed by atoms with van der Waals surface area (Å²) in [6.45, 7) is 0.249. The summed E-state index contributed by atoms with van der Waals surface area (Å²) in [6.07, 6.45) is 0. The number of methoxy groups -OCH3 is 1. The van der Waals surface area contributed by atoms with Gasteiger partial charge in [0.1, 0.15) is 18.1 Å². The van der Waals surface area contributed by atoms with Gasteiger partial charge in [0.05, 0.1) is 7.11 Å². The maximum Gasteiger partial charge on any atom is 0.255 e. The number of hydrogen-bond acceptors (Lipinski definition) is 3. The highest BCUT2D eigenvalue weighted by Gasteiger charge is 2.12. The molecule has 5 heteroatoms. The number of hydrogen-bond donors (Lipinski definition) is 1. The van der Waals surface area contributed by atoms with Crippen molar-refractivity contribution in [3.8, 4) is 11.5 Å². The quantitative estimate of drug-likeness (QED) is 0.398. The smallest absolute Gasteiger partial charge is 0.255 e. The first-order valence-corrected chi connectivity index (χ1v) is 9.86. The van der Waals surface area contributed by atoms with E-state index in [2.05, 4.69) is 5.32 Å². The number of benzene rings is 4. The summed E-state index contributed by atoms with van der Waals surface area (Å²) in [5.74, 6) is 1.10. The van der Waals surface area contributed by atoms with Gasteiger partial charge in [0, 0.05) is 27.2 Å². The SMILES string of the molecule is COc1ccc(C(=O)Nc2cccc3ccccc23)cc1COc1cccc(Cl)c1. The van der Waals surface area contributed by atoms with E-state index < -0.39 is 0 Å². The summed E-state index contributed by atoms with van der Waals surface area (Å²) in [7, 11) is 1.59. The Morgan fingerprint density at radius 3 is 2.57 bits per heavy atom. The van der Waals surface area contributed by atoms with Crippen molar-refractivity contribution in [1.29, 1.82) is 0 Å². The molecule has 0 bridgehead atoms. The summed E-state index contributed by atoms with van der Waals surface area (Å²) in [4.78, 5) is 12.9. The fourth-order valence-electron chi connectivity index (χ4n) is 3.28. The molecule has 0 aromatic heterocycles. The summed E-state index contributed by atoms with van der Waals surface area (Å²) in [5.41, 5.74) is 2.06. The Kier molecular flexibility index (Phi) is 5.87. The van der Waals surface area contributed by atoms with Crippen LogP contribution in [0.1, 0.15) is 15.9 Å². The number of halogens is 1. The van der Waals surface area contributed by atoms with E-state index in [1.807, 2.05) is 54.6 Å². The average molecular weight is 418 g/mol. The highest BCUT2D eigenvalue weighted by atomic mass is 35.5. The Morgan fingerprint density at radius 1 is 0.933 bits per heavy atom. The molecule has 0 saturated carbocycles. The van der Waals surface area contributed by atoms with Gasteiger partial charge in [-0.05, 0) is 47.9 Å². The topological polar surface area (TPSA) is 47.6 Å². The molecule has 0 radical (unpaired) electrons. The zero-order valence-electron chi connectivity index (χ0n) is 16.4. The molecule has 0 unspecified atom stereocenters. The first kappa shape index (κ1) is 19.8. The minimum absolute atomic E-state index is 0.196. The average Bonchev–Trinajstić information content (AvgIpc) is 2.78. The fraction of sp³-hybridized carbons (Fsp3) is 0.0800. The van der Waals surface area contributed by atoms with E-state index in [1.165, 1.54) is 0 Å². The fourth-order valence-corrected chi connectivity index (χ4v) is 3.46. The maximum atomic E-state index is 12.9. The molecule has 4 aromatic rings. The molecule has 0 aliphatic rings. The van der Waals surface area contributed by atoms with Gasteiger partial charge in [-0.15, -0.1) is 0 Å². The van der Waals surface area contributed by atoms with Crippen LogP contribution in [-0.2, 0) is 6.61 Å². The second-order valence-electron chi connectivity index (χ2n) is 6.75. The molecule has 4 aromatic carbocycles. The molecular formula is C25H20ClNO3. The summed E-state index contributed by atoms with van der Waals surface area (Å²) in [5, 5.41) is 5.67. The van der Waals surface area contributed by atoms with Crippen molar-refractivity contribution in [3.05, 3.63) is 101 Å². The van der Waals surface area contributed by atoms with Crippen LogP contribution in [0.2, 0.25) is 5.02 Å². The van der Waals surface area contributed by atoms with E-state index >= 15 is 0 Å². The molecule has 150 valence electrons. The van der Waals surface area contributed by atoms with E-state index in [0.29, 0.717) is 22.1 Å². The van der Waals surface area contributed by atoms with E-state index in [9.17, 15) is 4.79 Å². The van der Waals surface area contributed by atoms with Crippen molar-refractivity contribution in [2.24, 2.45) is 0 Å². The molecule has 0 aliphatic carbocycles. The Hall–Kier alpha value is -3.50. The van der Waals surface area contributed by atoms with E-state index in [-0.39, 0.29) is 12.5 Å². The minimum Gasteiger partial charge on any atom is -0.496 e. The molecule has 0 spiro atoms. The van der Waals surface area contributed by atoms with Crippen LogP contribution < -0.4 is 14.8 Å². The first-order chi connectivity index (χ1) is 14.6. The summed E-state index contributed by atoms with van der Waals surface area (Å²) < 4.78 is 11.3. The van der Waals surface area contributed by atoms with Gasteiger partial charge in [-0.2, -0.15) is 0 Å². The summed E-state index contributed by atoms with van der Waals surface area (Å²) in [6, 6.07) is 26.2. The molecule has 0 aliphatic heterocycles. The highest BCUT2D eigenvalue weighted by molar-refractivity contribution is 6.30. The molecule has 4 rings (SSSR count). The van der Waals surface area contributed by atoms with Crippen molar-refractivity contribution in [2.75, 3.05) is 12.4 Å². The normalized spacial score (nSPS) is 10.6. The molecule has 0 saturated heterocycles. The van der Waals surface area contributed by atoms with Crippen LogP contribution >= 0.6 is 11.6 Å². The van der Waals surface area contributed by atoms with E-state index in [4.69, 9.17) is 21.1 Å². The van der Waals surface area contributed by atoms with Gasteiger partial charge in [0.2, 0.25) is 0 Å². The second kappa shape index (κ2) is 8.89. The largest absolute Gasteiger partial charge is 0.496 e. The number of amides is 1. The van der Waals surface area contributed by atoms with Crippen molar-refractivity contribution < 1.29 is 14.3 Å². The van der Waals surface area contributed by atoms with Crippen LogP contribution in [0.5, 0.6) is 11.5 Å². The predicted molar refractivity (Wildman–Crippen MR) is 121 cm³/mol. The summed E-state index contributed by atoms with van der Waals surface area (Å²) >= 11 is 6.01. The third kappa shape index (κ3) is 4.39. The van der Waals surface area contributed by atoms with Crippen molar-refractivity contribution in [3.63, 3.8) is 0 Å². The lowest BCUT2D eigenvalue weighted by Crippen LogP contribution is -2.13.